The molecule has 0 spiro atoms. The second-order valence-electron chi connectivity index (χ2n) is 5.22. The van der Waals surface area contributed by atoms with Gasteiger partial charge in [0.25, 0.3) is 0 Å². The van der Waals surface area contributed by atoms with Crippen molar-refractivity contribution in [3.05, 3.63) is 65.2 Å². The first-order chi connectivity index (χ1) is 10.8. The summed E-state index contributed by atoms with van der Waals surface area (Å²) in [4.78, 5) is 0. The predicted molar refractivity (Wildman–Crippen MR) is 84.7 cm³/mol. The molecule has 1 heterocycles. The second kappa shape index (κ2) is 6.92. The summed E-state index contributed by atoms with van der Waals surface area (Å²) in [6, 6.07) is 15.8. The monoisotopic (exact) mass is 299 g/mol. The zero-order chi connectivity index (χ0) is 15.4. The van der Waals surface area contributed by atoms with Crippen LogP contribution in [0, 0.1) is 0 Å². The molecule has 1 saturated heterocycles. The van der Waals surface area contributed by atoms with Gasteiger partial charge in [0.1, 0.15) is 5.75 Å². The molecule has 2 aromatic carbocycles. The van der Waals surface area contributed by atoms with Crippen molar-refractivity contribution in [3.63, 3.8) is 0 Å². The molecular formula is C18H21NO3. The predicted octanol–water partition coefficient (Wildman–Crippen LogP) is 3.18. The van der Waals surface area contributed by atoms with Crippen molar-refractivity contribution in [2.75, 3.05) is 19.8 Å². The molecule has 0 bridgehead atoms. The number of hydrogen-bond acceptors (Lipinski definition) is 4. The van der Waals surface area contributed by atoms with Crippen molar-refractivity contribution in [2.45, 2.75) is 19.3 Å². The van der Waals surface area contributed by atoms with Gasteiger partial charge in [-0.15, -0.1) is 0 Å². The summed E-state index contributed by atoms with van der Waals surface area (Å²) in [5.41, 5.74) is 9.49. The standard InChI is InChI=1S/C18H21NO3/c1-2-20-16-8-6-13(7-9-16)17(19)14-4-3-5-15(12-14)18-21-10-11-22-18/h3-9,12,17-18H,2,10-11,19H2,1H3. The summed E-state index contributed by atoms with van der Waals surface area (Å²) in [7, 11) is 0. The highest BCUT2D eigenvalue weighted by Crippen LogP contribution is 2.27. The van der Waals surface area contributed by atoms with Gasteiger partial charge in [-0.25, -0.2) is 0 Å². The molecule has 116 valence electrons. The molecule has 0 saturated carbocycles. The van der Waals surface area contributed by atoms with Crippen LogP contribution in [0.25, 0.3) is 0 Å². The largest absolute Gasteiger partial charge is 0.494 e. The highest BCUT2D eigenvalue weighted by molar-refractivity contribution is 5.37. The van der Waals surface area contributed by atoms with Crippen molar-refractivity contribution in [3.8, 4) is 5.75 Å². The van der Waals surface area contributed by atoms with Crippen LogP contribution >= 0.6 is 0 Å². The first-order valence-electron chi connectivity index (χ1n) is 7.59. The van der Waals surface area contributed by atoms with Gasteiger partial charge in [-0.1, -0.05) is 30.3 Å². The third kappa shape index (κ3) is 3.30. The first kappa shape index (κ1) is 15.0. The Labute approximate surface area is 130 Å². The summed E-state index contributed by atoms with van der Waals surface area (Å²) in [5.74, 6) is 0.861. The molecule has 1 unspecified atom stereocenters. The lowest BCUT2D eigenvalue weighted by molar-refractivity contribution is -0.0441. The average Bonchev–Trinajstić information content (AvgIpc) is 3.10. The van der Waals surface area contributed by atoms with Crippen molar-refractivity contribution in [1.82, 2.24) is 0 Å². The Bertz CT molecular complexity index is 606. The Hall–Kier alpha value is -1.88. The van der Waals surface area contributed by atoms with Gasteiger partial charge in [0, 0.05) is 5.56 Å². The summed E-state index contributed by atoms with van der Waals surface area (Å²) in [5, 5.41) is 0. The molecule has 2 aromatic rings. The van der Waals surface area contributed by atoms with Gasteiger partial charge in [-0.05, 0) is 36.2 Å². The first-order valence-corrected chi connectivity index (χ1v) is 7.59. The second-order valence-corrected chi connectivity index (χ2v) is 5.22. The number of hydrogen-bond donors (Lipinski definition) is 1. The van der Waals surface area contributed by atoms with E-state index in [1.54, 1.807) is 0 Å². The van der Waals surface area contributed by atoms with E-state index in [1.165, 1.54) is 0 Å². The molecule has 1 fully saturated rings. The van der Waals surface area contributed by atoms with Crippen LogP contribution in [0.3, 0.4) is 0 Å². The molecule has 0 amide bonds. The van der Waals surface area contributed by atoms with E-state index in [-0.39, 0.29) is 12.3 Å². The molecule has 0 aliphatic carbocycles. The Morgan fingerprint density at radius 1 is 1.09 bits per heavy atom. The van der Waals surface area contributed by atoms with Crippen LogP contribution in [0.15, 0.2) is 48.5 Å². The number of ether oxygens (including phenoxy) is 3. The third-order valence-corrected chi connectivity index (χ3v) is 3.71. The van der Waals surface area contributed by atoms with E-state index in [9.17, 15) is 0 Å². The molecular weight excluding hydrogens is 278 g/mol. The molecule has 3 rings (SSSR count). The minimum absolute atomic E-state index is 0.183. The molecule has 1 atom stereocenters. The fraction of sp³-hybridized carbons (Fsp3) is 0.333. The van der Waals surface area contributed by atoms with Gasteiger partial charge in [-0.2, -0.15) is 0 Å². The normalized spacial score (nSPS) is 16.6. The lowest BCUT2D eigenvalue weighted by atomic mass is 9.98. The van der Waals surface area contributed by atoms with E-state index in [0.717, 1.165) is 22.4 Å². The molecule has 0 radical (unpaired) electrons. The van der Waals surface area contributed by atoms with E-state index in [4.69, 9.17) is 19.9 Å². The maximum Gasteiger partial charge on any atom is 0.184 e. The summed E-state index contributed by atoms with van der Waals surface area (Å²) in [6.07, 6.45) is -0.271. The van der Waals surface area contributed by atoms with Crippen LogP contribution in [0.2, 0.25) is 0 Å². The summed E-state index contributed by atoms with van der Waals surface area (Å²) < 4.78 is 16.5. The highest BCUT2D eigenvalue weighted by Gasteiger charge is 2.19. The van der Waals surface area contributed by atoms with Crippen molar-refractivity contribution in [2.24, 2.45) is 5.73 Å². The number of benzene rings is 2. The lowest BCUT2D eigenvalue weighted by Crippen LogP contribution is -2.12. The van der Waals surface area contributed by atoms with Gasteiger partial charge in [0.15, 0.2) is 6.29 Å². The van der Waals surface area contributed by atoms with Gasteiger partial charge < -0.3 is 19.9 Å². The molecule has 0 aromatic heterocycles. The summed E-state index contributed by atoms with van der Waals surface area (Å²) in [6.45, 7) is 3.91. The van der Waals surface area contributed by atoms with Crippen LogP contribution in [0.1, 0.15) is 35.9 Å². The van der Waals surface area contributed by atoms with Gasteiger partial charge in [-0.3, -0.25) is 0 Å². The Balaban J connectivity index is 1.78. The quantitative estimate of drug-likeness (QED) is 0.921. The topological polar surface area (TPSA) is 53.7 Å². The van der Waals surface area contributed by atoms with E-state index in [2.05, 4.69) is 6.07 Å². The van der Waals surface area contributed by atoms with E-state index in [1.807, 2.05) is 49.4 Å². The maximum absolute atomic E-state index is 6.39. The van der Waals surface area contributed by atoms with E-state index >= 15 is 0 Å². The SMILES string of the molecule is CCOc1ccc(C(N)c2cccc(C3OCCO3)c2)cc1. The van der Waals surface area contributed by atoms with Crippen LogP contribution in [-0.2, 0) is 9.47 Å². The van der Waals surface area contributed by atoms with E-state index < -0.39 is 0 Å². The molecule has 1 aliphatic rings. The minimum atomic E-state index is -0.271. The van der Waals surface area contributed by atoms with Crippen molar-refractivity contribution in [1.29, 1.82) is 0 Å². The average molecular weight is 299 g/mol. The molecule has 4 nitrogen and oxygen atoms in total. The molecule has 2 N–H and O–H groups in total. The van der Waals surface area contributed by atoms with Crippen molar-refractivity contribution < 1.29 is 14.2 Å². The van der Waals surface area contributed by atoms with E-state index in [0.29, 0.717) is 19.8 Å². The molecule has 22 heavy (non-hydrogen) atoms. The zero-order valence-electron chi connectivity index (χ0n) is 12.7. The van der Waals surface area contributed by atoms with Crippen molar-refractivity contribution >= 4 is 0 Å². The highest BCUT2D eigenvalue weighted by atomic mass is 16.7. The third-order valence-electron chi connectivity index (χ3n) is 3.71. The van der Waals surface area contributed by atoms with Crippen LogP contribution in [0.5, 0.6) is 5.75 Å². The molecule has 1 aliphatic heterocycles. The van der Waals surface area contributed by atoms with Gasteiger partial charge in [0.2, 0.25) is 0 Å². The molecule has 4 heteroatoms. The summed E-state index contributed by atoms with van der Waals surface area (Å²) >= 11 is 0. The van der Waals surface area contributed by atoms with Crippen LogP contribution in [-0.4, -0.2) is 19.8 Å². The van der Waals surface area contributed by atoms with Gasteiger partial charge >= 0.3 is 0 Å². The van der Waals surface area contributed by atoms with Crippen LogP contribution in [0.4, 0.5) is 0 Å². The fourth-order valence-electron chi connectivity index (χ4n) is 2.58. The van der Waals surface area contributed by atoms with Gasteiger partial charge in [0.05, 0.1) is 25.9 Å². The zero-order valence-corrected chi connectivity index (χ0v) is 12.7. The van der Waals surface area contributed by atoms with Crippen LogP contribution < -0.4 is 10.5 Å². The Kier molecular flexibility index (Phi) is 4.73. The number of rotatable bonds is 5. The maximum atomic E-state index is 6.39. The number of nitrogens with two attached hydrogens (primary N) is 1. The lowest BCUT2D eigenvalue weighted by Gasteiger charge is -2.16. The minimum Gasteiger partial charge on any atom is -0.494 e. The smallest absolute Gasteiger partial charge is 0.184 e. The Morgan fingerprint density at radius 2 is 1.82 bits per heavy atom. The Morgan fingerprint density at radius 3 is 2.50 bits per heavy atom. The fourth-order valence-corrected chi connectivity index (χ4v) is 2.58.